The summed E-state index contributed by atoms with van der Waals surface area (Å²) in [6.07, 6.45) is 1.42. The van der Waals surface area contributed by atoms with Crippen LogP contribution >= 0.6 is 0 Å². The zero-order valence-electron chi connectivity index (χ0n) is 16.5. The van der Waals surface area contributed by atoms with Crippen LogP contribution in [0, 0.1) is 0 Å². The van der Waals surface area contributed by atoms with Gasteiger partial charge in [0.2, 0.25) is 0 Å². The summed E-state index contributed by atoms with van der Waals surface area (Å²) >= 11 is 0. The molecule has 4 rings (SSSR count). The van der Waals surface area contributed by atoms with Gasteiger partial charge in [-0.05, 0) is 47.2 Å². The van der Waals surface area contributed by atoms with Crippen LogP contribution in [-0.2, 0) is 29.0 Å². The van der Waals surface area contributed by atoms with E-state index < -0.39 is 0 Å². The van der Waals surface area contributed by atoms with E-state index in [1.54, 1.807) is 0 Å². The number of hydrogen-bond donors (Lipinski definition) is 1. The minimum absolute atomic E-state index is 0.0495. The van der Waals surface area contributed by atoms with Crippen LogP contribution < -0.4 is 10.1 Å². The first-order chi connectivity index (χ1) is 14.2. The molecule has 0 aromatic heterocycles. The van der Waals surface area contributed by atoms with Crippen molar-refractivity contribution >= 4 is 5.97 Å². The molecule has 148 valence electrons. The topological polar surface area (TPSA) is 47.6 Å². The van der Waals surface area contributed by atoms with Crippen molar-refractivity contribution in [3.8, 4) is 5.75 Å². The number of rotatable bonds is 6. The molecule has 0 saturated carbocycles. The average Bonchev–Trinajstić information content (AvgIpc) is 2.78. The van der Waals surface area contributed by atoms with Crippen molar-refractivity contribution in [1.29, 1.82) is 0 Å². The third-order valence-electron chi connectivity index (χ3n) is 5.33. The fourth-order valence-corrected chi connectivity index (χ4v) is 3.87. The Bertz CT molecular complexity index is 971. The largest absolute Gasteiger partial charge is 0.489 e. The fourth-order valence-electron chi connectivity index (χ4n) is 3.87. The highest BCUT2D eigenvalue weighted by Crippen LogP contribution is 2.29. The van der Waals surface area contributed by atoms with Crippen molar-refractivity contribution in [2.24, 2.45) is 0 Å². The lowest BCUT2D eigenvalue weighted by Crippen LogP contribution is -2.45. The average molecular weight is 387 g/mol. The summed E-state index contributed by atoms with van der Waals surface area (Å²) in [7, 11) is 1.44. The van der Waals surface area contributed by atoms with Gasteiger partial charge in [-0.15, -0.1) is 0 Å². The Balaban J connectivity index is 1.50. The van der Waals surface area contributed by atoms with Crippen molar-refractivity contribution in [3.05, 3.63) is 101 Å². The quantitative estimate of drug-likeness (QED) is 0.643. The Morgan fingerprint density at radius 1 is 0.966 bits per heavy atom. The summed E-state index contributed by atoms with van der Waals surface area (Å²) in [5, 5.41) is 3.47. The molecule has 3 aromatic rings. The number of esters is 1. The molecule has 0 spiro atoms. The smallest absolute Gasteiger partial charge is 0.323 e. The van der Waals surface area contributed by atoms with Crippen LogP contribution in [0.25, 0.3) is 0 Å². The zero-order valence-corrected chi connectivity index (χ0v) is 16.5. The first-order valence-corrected chi connectivity index (χ1v) is 9.90. The van der Waals surface area contributed by atoms with E-state index in [-0.39, 0.29) is 18.1 Å². The summed E-state index contributed by atoms with van der Waals surface area (Å²) in [6.45, 7) is 0.541. The lowest BCUT2D eigenvalue weighted by molar-refractivity contribution is -0.143. The van der Waals surface area contributed by atoms with Gasteiger partial charge in [0.05, 0.1) is 7.11 Å². The van der Waals surface area contributed by atoms with Gasteiger partial charge < -0.3 is 9.47 Å². The number of carbonyl (C=O) groups is 1. The Hall–Kier alpha value is -3.11. The lowest BCUT2D eigenvalue weighted by atomic mass is 9.87. The summed E-state index contributed by atoms with van der Waals surface area (Å²) in [4.78, 5) is 12.1. The van der Waals surface area contributed by atoms with Crippen LogP contribution in [0.2, 0.25) is 0 Å². The normalized spacial score (nSPS) is 18.0. The van der Waals surface area contributed by atoms with Crippen LogP contribution in [0.3, 0.4) is 0 Å². The van der Waals surface area contributed by atoms with Crippen molar-refractivity contribution in [1.82, 2.24) is 5.32 Å². The number of ether oxygens (including phenoxy) is 2. The molecule has 4 heteroatoms. The Kier molecular flexibility index (Phi) is 5.92. The van der Waals surface area contributed by atoms with E-state index in [1.807, 2.05) is 42.5 Å². The summed E-state index contributed by atoms with van der Waals surface area (Å²) in [5.74, 6) is 0.629. The van der Waals surface area contributed by atoms with Gasteiger partial charge in [0.25, 0.3) is 0 Å². The third-order valence-corrected chi connectivity index (χ3v) is 5.33. The van der Waals surface area contributed by atoms with Crippen molar-refractivity contribution < 1.29 is 14.3 Å². The van der Waals surface area contributed by atoms with Gasteiger partial charge in [-0.3, -0.25) is 10.1 Å². The molecule has 1 heterocycles. The second kappa shape index (κ2) is 8.93. The maximum Gasteiger partial charge on any atom is 0.323 e. The minimum Gasteiger partial charge on any atom is -0.489 e. The SMILES string of the molecule is COC(=O)[C@@H]1Cc2ccccc2[C@@H](Cc2cccc(OCc3ccccc3)c2)N1. The first-order valence-electron chi connectivity index (χ1n) is 9.90. The van der Waals surface area contributed by atoms with Gasteiger partial charge in [-0.2, -0.15) is 0 Å². The van der Waals surface area contributed by atoms with E-state index in [0.29, 0.717) is 13.0 Å². The molecule has 1 N–H and O–H groups in total. The molecule has 3 aromatic carbocycles. The molecule has 0 unspecified atom stereocenters. The van der Waals surface area contributed by atoms with Gasteiger partial charge in [0, 0.05) is 6.04 Å². The molecule has 0 radical (unpaired) electrons. The van der Waals surface area contributed by atoms with Crippen LogP contribution in [0.4, 0.5) is 0 Å². The van der Waals surface area contributed by atoms with Crippen LogP contribution in [-0.4, -0.2) is 19.1 Å². The molecule has 0 fully saturated rings. The monoisotopic (exact) mass is 387 g/mol. The molecule has 2 atom stereocenters. The zero-order chi connectivity index (χ0) is 20.1. The van der Waals surface area contributed by atoms with Gasteiger partial charge in [-0.1, -0.05) is 66.7 Å². The summed E-state index contributed by atoms with van der Waals surface area (Å²) in [5.41, 5.74) is 4.74. The van der Waals surface area contributed by atoms with E-state index in [9.17, 15) is 4.79 Å². The van der Waals surface area contributed by atoms with Crippen LogP contribution in [0.15, 0.2) is 78.9 Å². The molecule has 1 aliphatic rings. The van der Waals surface area contributed by atoms with Crippen molar-refractivity contribution in [3.63, 3.8) is 0 Å². The highest BCUT2D eigenvalue weighted by Gasteiger charge is 2.30. The van der Waals surface area contributed by atoms with Crippen molar-refractivity contribution in [2.45, 2.75) is 31.5 Å². The van der Waals surface area contributed by atoms with E-state index in [2.05, 4.69) is 41.7 Å². The van der Waals surface area contributed by atoms with Gasteiger partial charge in [0.15, 0.2) is 0 Å². The fraction of sp³-hybridized carbons (Fsp3) is 0.240. The van der Waals surface area contributed by atoms with Crippen molar-refractivity contribution in [2.75, 3.05) is 7.11 Å². The third kappa shape index (κ3) is 4.66. The molecule has 4 nitrogen and oxygen atoms in total. The second-order valence-electron chi connectivity index (χ2n) is 7.32. The Morgan fingerprint density at radius 3 is 2.55 bits per heavy atom. The summed E-state index contributed by atoms with van der Waals surface area (Å²) < 4.78 is 10.9. The molecule has 0 bridgehead atoms. The highest BCUT2D eigenvalue weighted by atomic mass is 16.5. The number of benzene rings is 3. The first kappa shape index (κ1) is 19.2. The molecule has 0 saturated heterocycles. The second-order valence-corrected chi connectivity index (χ2v) is 7.32. The molecular formula is C25H25NO3. The number of carbonyl (C=O) groups excluding carboxylic acids is 1. The minimum atomic E-state index is -0.322. The molecule has 0 amide bonds. The maximum absolute atomic E-state index is 12.1. The summed E-state index contributed by atoms with van der Waals surface area (Å²) in [6, 6.07) is 26.3. The maximum atomic E-state index is 12.1. The van der Waals surface area contributed by atoms with E-state index in [4.69, 9.17) is 9.47 Å². The van der Waals surface area contributed by atoms with Crippen LogP contribution in [0.1, 0.15) is 28.3 Å². The lowest BCUT2D eigenvalue weighted by Gasteiger charge is -2.32. The molecule has 1 aliphatic heterocycles. The highest BCUT2D eigenvalue weighted by molar-refractivity contribution is 5.76. The van der Waals surface area contributed by atoms with Gasteiger partial charge >= 0.3 is 5.97 Å². The van der Waals surface area contributed by atoms with E-state index >= 15 is 0 Å². The van der Waals surface area contributed by atoms with Crippen LogP contribution in [0.5, 0.6) is 5.75 Å². The number of hydrogen-bond acceptors (Lipinski definition) is 4. The molecule has 0 aliphatic carbocycles. The van der Waals surface area contributed by atoms with E-state index in [0.717, 1.165) is 23.3 Å². The van der Waals surface area contributed by atoms with E-state index in [1.165, 1.54) is 18.2 Å². The predicted molar refractivity (Wildman–Crippen MR) is 113 cm³/mol. The predicted octanol–water partition coefficient (Wildman–Crippen LogP) is 4.24. The molecule has 29 heavy (non-hydrogen) atoms. The Morgan fingerprint density at radius 2 is 1.72 bits per heavy atom. The number of methoxy groups -OCH3 is 1. The Labute approximate surface area is 171 Å². The van der Waals surface area contributed by atoms with Gasteiger partial charge in [-0.25, -0.2) is 0 Å². The standard InChI is InChI=1S/C25H25NO3/c1-28-25(27)24-16-20-11-5-6-13-22(20)23(26-24)15-19-10-7-12-21(14-19)29-17-18-8-3-2-4-9-18/h2-14,23-24,26H,15-17H2,1H3/t23-,24+/m1/s1. The number of fused-ring (bicyclic) bond motifs is 1. The van der Waals surface area contributed by atoms with Gasteiger partial charge in [0.1, 0.15) is 18.4 Å². The number of nitrogens with one attached hydrogen (secondary N) is 1. The molecular weight excluding hydrogens is 362 g/mol.